The van der Waals surface area contributed by atoms with Crippen LogP contribution in [0.3, 0.4) is 0 Å². The molecule has 0 bridgehead atoms. The lowest BCUT2D eigenvalue weighted by molar-refractivity contribution is -0.192. The summed E-state index contributed by atoms with van der Waals surface area (Å²) >= 11 is 3.26. The smallest absolute Gasteiger partial charge is 0.475 e. The van der Waals surface area contributed by atoms with Crippen molar-refractivity contribution in [1.82, 2.24) is 25.1 Å². The van der Waals surface area contributed by atoms with Crippen molar-refractivity contribution < 1.29 is 37.0 Å². The third kappa shape index (κ3) is 6.22. The molecular weight excluding hydrogens is 630 g/mol. The summed E-state index contributed by atoms with van der Waals surface area (Å²) in [5.41, 5.74) is 1.67. The van der Waals surface area contributed by atoms with Crippen molar-refractivity contribution in [2.24, 2.45) is 0 Å². The first-order valence-electron chi connectivity index (χ1n) is 12.4. The van der Waals surface area contributed by atoms with E-state index in [9.17, 15) is 18.0 Å². The number of carboxylic acid groups (broad SMARTS) is 1. The molecule has 1 unspecified atom stereocenters. The Bertz CT molecular complexity index is 1640. The molecule has 6 rings (SSSR count). The largest absolute Gasteiger partial charge is 0.490 e. The van der Waals surface area contributed by atoms with E-state index in [1.54, 1.807) is 23.0 Å². The first-order valence-corrected chi connectivity index (χ1v) is 13.2. The number of aliphatic carboxylic acids is 1. The third-order valence-electron chi connectivity index (χ3n) is 6.59. The van der Waals surface area contributed by atoms with Gasteiger partial charge in [-0.15, -0.1) is 0 Å². The van der Waals surface area contributed by atoms with Crippen LogP contribution < -0.4 is 15.5 Å². The number of hydrogen-bond acceptors (Lipinski definition) is 8. The molecule has 2 aromatic heterocycles. The molecule has 0 radical (unpaired) electrons. The highest BCUT2D eigenvalue weighted by atomic mass is 79.9. The summed E-state index contributed by atoms with van der Waals surface area (Å²) < 4.78 is 54.1. The van der Waals surface area contributed by atoms with Gasteiger partial charge >= 0.3 is 18.2 Å². The molecule has 16 heteroatoms. The fourth-order valence-corrected chi connectivity index (χ4v) is 4.84. The van der Waals surface area contributed by atoms with E-state index >= 15 is 4.39 Å². The summed E-state index contributed by atoms with van der Waals surface area (Å²) in [6.07, 6.45) is -1.08. The maximum absolute atomic E-state index is 15.1. The maximum Gasteiger partial charge on any atom is 0.490 e. The van der Waals surface area contributed by atoms with E-state index in [1.165, 1.54) is 0 Å². The fourth-order valence-electron chi connectivity index (χ4n) is 4.52. The SMILES string of the molecule is O=C(O)C(F)(F)F.O=C1NC2(CCN(c3nc(NCc4cnn(-c5ccccc5)c4)c4ccc(Br)c(F)c4n3)C2)CO1. The number of halogens is 5. The number of carboxylic acids is 1. The van der Waals surface area contributed by atoms with Crippen LogP contribution in [0.25, 0.3) is 16.6 Å². The lowest BCUT2D eigenvalue weighted by Crippen LogP contribution is -2.46. The van der Waals surface area contributed by atoms with Crippen LogP contribution in [0.5, 0.6) is 0 Å². The number of aromatic nitrogens is 4. The van der Waals surface area contributed by atoms with Gasteiger partial charge in [0.1, 0.15) is 17.9 Å². The van der Waals surface area contributed by atoms with Crippen LogP contribution in [0, 0.1) is 5.82 Å². The zero-order valence-corrected chi connectivity index (χ0v) is 23.1. The number of rotatable bonds is 5. The molecule has 42 heavy (non-hydrogen) atoms. The Morgan fingerprint density at radius 3 is 2.60 bits per heavy atom. The Morgan fingerprint density at radius 1 is 1.19 bits per heavy atom. The van der Waals surface area contributed by atoms with Gasteiger partial charge in [0.05, 0.1) is 21.9 Å². The second kappa shape index (κ2) is 11.4. The van der Waals surface area contributed by atoms with E-state index in [4.69, 9.17) is 19.6 Å². The molecule has 1 spiro atoms. The minimum atomic E-state index is -5.08. The zero-order chi connectivity index (χ0) is 30.1. The third-order valence-corrected chi connectivity index (χ3v) is 7.20. The van der Waals surface area contributed by atoms with Gasteiger partial charge < -0.3 is 25.4 Å². The molecule has 1 atom stereocenters. The van der Waals surface area contributed by atoms with E-state index in [-0.39, 0.29) is 5.52 Å². The topological polar surface area (TPSA) is 134 Å². The molecule has 11 nitrogen and oxygen atoms in total. The van der Waals surface area contributed by atoms with Crippen molar-refractivity contribution in [3.63, 3.8) is 0 Å². The molecule has 0 saturated carbocycles. The number of para-hydroxylation sites is 1. The molecule has 0 aliphatic carbocycles. The molecule has 1 amide bonds. The summed E-state index contributed by atoms with van der Waals surface area (Å²) in [4.78, 5) is 31.8. The number of carbonyl (C=O) groups is 2. The molecule has 4 heterocycles. The van der Waals surface area contributed by atoms with Crippen LogP contribution in [-0.2, 0) is 16.1 Å². The van der Waals surface area contributed by atoms with E-state index in [1.807, 2.05) is 41.4 Å². The van der Waals surface area contributed by atoms with Crippen molar-refractivity contribution in [3.8, 4) is 5.69 Å². The molecule has 2 fully saturated rings. The van der Waals surface area contributed by atoms with Gasteiger partial charge in [-0.2, -0.15) is 23.3 Å². The molecule has 3 N–H and O–H groups in total. The fraction of sp³-hybridized carbons (Fsp3) is 0.269. The number of nitrogens with zero attached hydrogens (tertiary/aromatic N) is 5. The van der Waals surface area contributed by atoms with Crippen molar-refractivity contribution >= 4 is 50.7 Å². The summed E-state index contributed by atoms with van der Waals surface area (Å²) in [5, 5.41) is 18.4. The van der Waals surface area contributed by atoms with Gasteiger partial charge in [0, 0.05) is 36.8 Å². The Hall–Kier alpha value is -4.47. The van der Waals surface area contributed by atoms with E-state index in [0.29, 0.717) is 54.3 Å². The number of cyclic esters (lactones) is 1. The van der Waals surface area contributed by atoms with Crippen LogP contribution >= 0.6 is 15.9 Å². The van der Waals surface area contributed by atoms with Gasteiger partial charge in [-0.05, 0) is 46.6 Å². The van der Waals surface area contributed by atoms with Gasteiger partial charge in [0.2, 0.25) is 5.95 Å². The van der Waals surface area contributed by atoms with Crippen molar-refractivity contribution in [3.05, 3.63) is 70.7 Å². The Kier molecular flexibility index (Phi) is 7.90. The molecule has 2 saturated heterocycles. The number of anilines is 2. The lowest BCUT2D eigenvalue weighted by atomic mass is 10.0. The molecule has 4 aromatic rings. The van der Waals surface area contributed by atoms with Gasteiger partial charge in [-0.1, -0.05) is 18.2 Å². The van der Waals surface area contributed by atoms with Crippen LogP contribution in [-0.4, -0.2) is 68.3 Å². The molecule has 2 aliphatic heterocycles. The van der Waals surface area contributed by atoms with Gasteiger partial charge in [0.25, 0.3) is 0 Å². The van der Waals surface area contributed by atoms with Crippen molar-refractivity contribution in [1.29, 1.82) is 0 Å². The number of carbonyl (C=O) groups excluding carboxylic acids is 1. The zero-order valence-electron chi connectivity index (χ0n) is 21.5. The van der Waals surface area contributed by atoms with Gasteiger partial charge in [0.15, 0.2) is 5.82 Å². The molecular formula is C26H22BrF4N7O4. The lowest BCUT2D eigenvalue weighted by Gasteiger charge is -2.22. The average Bonchev–Trinajstić information content (AvgIpc) is 3.70. The molecule has 220 valence electrons. The number of fused-ring (bicyclic) bond motifs is 1. The monoisotopic (exact) mass is 651 g/mol. The summed E-state index contributed by atoms with van der Waals surface area (Å²) in [6.45, 7) is 1.85. The van der Waals surface area contributed by atoms with Crippen LogP contribution in [0.1, 0.15) is 12.0 Å². The number of alkyl halides is 3. The Balaban J connectivity index is 0.000000451. The predicted octanol–water partition coefficient (Wildman–Crippen LogP) is 4.65. The van der Waals surface area contributed by atoms with E-state index < -0.39 is 29.6 Å². The summed E-state index contributed by atoms with van der Waals surface area (Å²) in [6, 6.07) is 13.3. The second-order valence-electron chi connectivity index (χ2n) is 9.57. The van der Waals surface area contributed by atoms with Gasteiger partial charge in [-0.3, -0.25) is 0 Å². The van der Waals surface area contributed by atoms with Crippen LogP contribution in [0.4, 0.5) is 34.1 Å². The number of amides is 1. The second-order valence-corrected chi connectivity index (χ2v) is 10.4. The Labute approximate surface area is 243 Å². The van der Waals surface area contributed by atoms with Crippen molar-refractivity contribution in [2.45, 2.75) is 24.7 Å². The molecule has 2 aliphatic rings. The number of ether oxygens (including phenoxy) is 1. The van der Waals surface area contributed by atoms with Crippen LogP contribution in [0.15, 0.2) is 59.3 Å². The molecule has 2 aromatic carbocycles. The highest BCUT2D eigenvalue weighted by Crippen LogP contribution is 2.33. The highest BCUT2D eigenvalue weighted by molar-refractivity contribution is 9.10. The first kappa shape index (κ1) is 29.0. The van der Waals surface area contributed by atoms with Gasteiger partial charge in [-0.25, -0.2) is 23.6 Å². The van der Waals surface area contributed by atoms with Crippen molar-refractivity contribution in [2.75, 3.05) is 29.9 Å². The standard InChI is InChI=1S/C24H21BrFN7O2.C2HF3O2/c25-18-7-6-17-20(19(18)26)29-22(32-9-8-24(13-32)14-35-23(34)31-24)30-21(17)27-10-15-11-28-33(12-15)16-4-2-1-3-5-16;3-2(4,5)1(6)7/h1-7,11-12H,8-10,13-14H2,(H,31,34)(H,27,29,30);(H,6,7). The first-order chi connectivity index (χ1) is 19.9. The number of alkyl carbamates (subject to hydrolysis) is 1. The number of benzene rings is 2. The predicted molar refractivity (Wildman–Crippen MR) is 146 cm³/mol. The summed E-state index contributed by atoms with van der Waals surface area (Å²) in [7, 11) is 0. The highest BCUT2D eigenvalue weighted by Gasteiger charge is 2.46. The maximum atomic E-state index is 15.1. The average molecular weight is 652 g/mol. The minimum Gasteiger partial charge on any atom is -0.475 e. The number of hydrogen-bond donors (Lipinski definition) is 3. The van der Waals surface area contributed by atoms with E-state index in [0.717, 1.165) is 11.3 Å². The van der Waals surface area contributed by atoms with E-state index in [2.05, 4.69) is 36.6 Å². The normalized spacial score (nSPS) is 18.0. The quantitative estimate of drug-likeness (QED) is 0.264. The number of nitrogens with one attached hydrogen (secondary N) is 2. The Morgan fingerprint density at radius 2 is 1.93 bits per heavy atom. The van der Waals surface area contributed by atoms with Crippen LogP contribution in [0.2, 0.25) is 0 Å². The minimum absolute atomic E-state index is 0.222. The summed E-state index contributed by atoms with van der Waals surface area (Å²) in [5.74, 6) is -2.28.